The van der Waals surface area contributed by atoms with Gasteiger partial charge in [-0.2, -0.15) is 0 Å². The van der Waals surface area contributed by atoms with E-state index in [1.807, 2.05) is 6.20 Å². The fourth-order valence-electron chi connectivity index (χ4n) is 3.76. The molecule has 1 aromatic heterocycles. The quantitative estimate of drug-likeness (QED) is 0.924. The van der Waals surface area contributed by atoms with Gasteiger partial charge in [0.2, 0.25) is 5.95 Å². The van der Waals surface area contributed by atoms with E-state index in [4.69, 9.17) is 4.98 Å². The van der Waals surface area contributed by atoms with Gasteiger partial charge >= 0.3 is 0 Å². The van der Waals surface area contributed by atoms with Crippen LogP contribution in [-0.4, -0.2) is 28.6 Å². The van der Waals surface area contributed by atoms with Crippen LogP contribution in [-0.2, 0) is 6.54 Å². The first-order valence-corrected chi connectivity index (χ1v) is 8.47. The van der Waals surface area contributed by atoms with E-state index >= 15 is 0 Å². The summed E-state index contributed by atoms with van der Waals surface area (Å²) < 4.78 is 0. The molecule has 1 N–H and O–H groups in total. The van der Waals surface area contributed by atoms with Crippen LogP contribution in [0.3, 0.4) is 0 Å². The van der Waals surface area contributed by atoms with Gasteiger partial charge < -0.3 is 10.2 Å². The van der Waals surface area contributed by atoms with Crippen molar-refractivity contribution in [1.82, 2.24) is 15.3 Å². The lowest BCUT2D eigenvalue weighted by atomic mass is 9.85. The molecule has 2 unspecified atom stereocenters. The fourth-order valence-corrected chi connectivity index (χ4v) is 3.76. The first-order valence-electron chi connectivity index (χ1n) is 8.47. The van der Waals surface area contributed by atoms with E-state index in [1.54, 1.807) is 0 Å². The molecule has 0 radical (unpaired) electrons. The highest BCUT2D eigenvalue weighted by atomic mass is 15.3. The summed E-state index contributed by atoms with van der Waals surface area (Å²) in [7, 11) is 0. The van der Waals surface area contributed by atoms with Crippen molar-refractivity contribution < 1.29 is 0 Å². The molecule has 1 saturated heterocycles. The van der Waals surface area contributed by atoms with Crippen LogP contribution in [0.25, 0.3) is 0 Å². The van der Waals surface area contributed by atoms with Gasteiger partial charge in [-0.3, -0.25) is 0 Å². The third-order valence-corrected chi connectivity index (χ3v) is 5.04. The molecule has 2 heterocycles. The molecule has 3 rings (SSSR count). The molecule has 0 spiro atoms. The highest BCUT2D eigenvalue weighted by Gasteiger charge is 2.36. The Morgan fingerprint density at radius 3 is 2.86 bits per heavy atom. The zero-order chi connectivity index (χ0) is 14.8. The first kappa shape index (κ1) is 14.8. The predicted molar refractivity (Wildman–Crippen MR) is 86.5 cm³/mol. The number of nitrogens with zero attached hydrogens (tertiary/aromatic N) is 3. The van der Waals surface area contributed by atoms with Crippen molar-refractivity contribution in [3.8, 4) is 0 Å². The van der Waals surface area contributed by atoms with E-state index in [1.165, 1.54) is 37.7 Å². The van der Waals surface area contributed by atoms with Crippen LogP contribution in [0.1, 0.15) is 57.2 Å². The van der Waals surface area contributed by atoms with E-state index in [9.17, 15) is 0 Å². The molecule has 4 nitrogen and oxygen atoms in total. The lowest BCUT2D eigenvalue weighted by molar-refractivity contribution is 0.340. The van der Waals surface area contributed by atoms with E-state index in [-0.39, 0.29) is 0 Å². The molecule has 2 aliphatic rings. The van der Waals surface area contributed by atoms with Gasteiger partial charge in [-0.15, -0.1) is 0 Å². The van der Waals surface area contributed by atoms with Crippen molar-refractivity contribution >= 4 is 5.95 Å². The van der Waals surface area contributed by atoms with Gasteiger partial charge in [0.25, 0.3) is 0 Å². The maximum atomic E-state index is 4.80. The molecule has 0 bridgehead atoms. The smallest absolute Gasteiger partial charge is 0.225 e. The Morgan fingerprint density at radius 2 is 2.10 bits per heavy atom. The minimum absolute atomic E-state index is 0.491. The summed E-state index contributed by atoms with van der Waals surface area (Å²) in [5.41, 5.74) is 2.33. The van der Waals surface area contributed by atoms with Crippen molar-refractivity contribution in [1.29, 1.82) is 0 Å². The fraction of sp³-hybridized carbons (Fsp3) is 0.765. The number of hydrogen-bond acceptors (Lipinski definition) is 4. The van der Waals surface area contributed by atoms with E-state index in [0.29, 0.717) is 12.1 Å². The second-order valence-electron chi connectivity index (χ2n) is 6.91. The summed E-state index contributed by atoms with van der Waals surface area (Å²) >= 11 is 0. The van der Waals surface area contributed by atoms with Crippen LogP contribution in [0.4, 0.5) is 5.95 Å². The monoisotopic (exact) mass is 288 g/mol. The number of aryl methyl sites for hydroxylation is 1. The summed E-state index contributed by atoms with van der Waals surface area (Å²) in [4.78, 5) is 11.9. The zero-order valence-electron chi connectivity index (χ0n) is 13.6. The Kier molecular flexibility index (Phi) is 4.43. The Balaban J connectivity index is 1.72. The summed E-state index contributed by atoms with van der Waals surface area (Å²) in [5, 5.41) is 3.44. The molecule has 1 aliphatic carbocycles. The van der Waals surface area contributed by atoms with Crippen LogP contribution < -0.4 is 10.2 Å². The van der Waals surface area contributed by atoms with Crippen molar-refractivity contribution in [2.24, 2.45) is 5.92 Å². The molecule has 0 amide bonds. The van der Waals surface area contributed by atoms with Gasteiger partial charge in [0.05, 0.1) is 0 Å². The van der Waals surface area contributed by atoms with E-state index in [0.717, 1.165) is 30.6 Å². The molecule has 1 saturated carbocycles. The van der Waals surface area contributed by atoms with Crippen LogP contribution in [0, 0.1) is 12.8 Å². The number of aromatic nitrogens is 2. The van der Waals surface area contributed by atoms with Gasteiger partial charge in [0.1, 0.15) is 0 Å². The molecule has 2 fully saturated rings. The number of nitrogens with one attached hydrogen (secondary N) is 1. The van der Waals surface area contributed by atoms with Crippen LogP contribution in [0.2, 0.25) is 0 Å². The molecular formula is C17H28N4. The first-order chi connectivity index (χ1) is 10.1. The highest BCUT2D eigenvalue weighted by Crippen LogP contribution is 2.37. The van der Waals surface area contributed by atoms with Crippen LogP contribution in [0.5, 0.6) is 0 Å². The van der Waals surface area contributed by atoms with Crippen LogP contribution >= 0.6 is 0 Å². The summed E-state index contributed by atoms with van der Waals surface area (Å²) in [6.07, 6.45) is 8.84. The Labute approximate surface area is 128 Å². The highest BCUT2D eigenvalue weighted by molar-refractivity contribution is 5.36. The van der Waals surface area contributed by atoms with E-state index < -0.39 is 0 Å². The SMILES string of the molecule is Cc1nc(N2CCC3CCCCC32)ncc1CNC(C)C. The maximum Gasteiger partial charge on any atom is 0.225 e. The molecular weight excluding hydrogens is 260 g/mol. The average molecular weight is 288 g/mol. The third kappa shape index (κ3) is 3.20. The Hall–Kier alpha value is -1.16. The lowest BCUT2D eigenvalue weighted by Crippen LogP contribution is -2.36. The third-order valence-electron chi connectivity index (χ3n) is 5.04. The largest absolute Gasteiger partial charge is 0.338 e. The predicted octanol–water partition coefficient (Wildman–Crippen LogP) is 3.05. The Bertz CT molecular complexity index is 486. The molecule has 4 heteroatoms. The molecule has 0 aromatic carbocycles. The number of fused-ring (bicyclic) bond motifs is 1. The lowest BCUT2D eigenvalue weighted by Gasteiger charge is -2.31. The molecule has 21 heavy (non-hydrogen) atoms. The van der Waals surface area contributed by atoms with Gasteiger partial charge in [0, 0.05) is 42.6 Å². The Morgan fingerprint density at radius 1 is 1.29 bits per heavy atom. The second kappa shape index (κ2) is 6.30. The van der Waals surface area contributed by atoms with Crippen LogP contribution in [0.15, 0.2) is 6.20 Å². The maximum absolute atomic E-state index is 4.80. The molecule has 2 atom stereocenters. The summed E-state index contributed by atoms with van der Waals surface area (Å²) in [6.45, 7) is 8.43. The van der Waals surface area contributed by atoms with Crippen molar-refractivity contribution in [2.75, 3.05) is 11.4 Å². The van der Waals surface area contributed by atoms with Gasteiger partial charge in [-0.25, -0.2) is 9.97 Å². The van der Waals surface area contributed by atoms with Gasteiger partial charge in [-0.05, 0) is 32.1 Å². The zero-order valence-corrected chi connectivity index (χ0v) is 13.6. The summed E-state index contributed by atoms with van der Waals surface area (Å²) in [5.74, 6) is 1.83. The minimum atomic E-state index is 0.491. The van der Waals surface area contributed by atoms with Crippen molar-refractivity contribution in [3.63, 3.8) is 0 Å². The van der Waals surface area contributed by atoms with Crippen molar-refractivity contribution in [3.05, 3.63) is 17.5 Å². The average Bonchev–Trinajstić information content (AvgIpc) is 2.89. The molecule has 116 valence electrons. The van der Waals surface area contributed by atoms with E-state index in [2.05, 4.69) is 36.0 Å². The standard InChI is InChI=1S/C17H28N4/c1-12(2)18-10-15-11-19-17(20-13(15)3)21-9-8-14-6-4-5-7-16(14)21/h11-12,14,16,18H,4-10H2,1-3H3. The topological polar surface area (TPSA) is 41.1 Å². The van der Waals surface area contributed by atoms with Gasteiger partial charge in [-0.1, -0.05) is 26.7 Å². The summed E-state index contributed by atoms with van der Waals surface area (Å²) in [6, 6.07) is 1.18. The second-order valence-corrected chi connectivity index (χ2v) is 6.91. The minimum Gasteiger partial charge on any atom is -0.338 e. The molecule has 1 aromatic rings. The number of rotatable bonds is 4. The normalized spacial score (nSPS) is 25.4. The molecule has 1 aliphatic heterocycles. The van der Waals surface area contributed by atoms with Gasteiger partial charge in [0.15, 0.2) is 0 Å². The number of anilines is 1. The van der Waals surface area contributed by atoms with Crippen molar-refractivity contribution in [2.45, 2.75) is 71.5 Å². The number of hydrogen-bond donors (Lipinski definition) is 1.